The highest BCUT2D eigenvalue weighted by atomic mass is 19.3. The molecule has 2 heterocycles. The molecule has 3 aromatic rings. The number of nitrogens with zero attached hydrogens (tertiary/aromatic N) is 3. The molecule has 5 nitrogen and oxygen atoms in total. The van der Waals surface area contributed by atoms with Crippen LogP contribution < -0.4 is 0 Å². The maximum atomic E-state index is 13.7. The molecule has 1 aromatic carbocycles. The van der Waals surface area contributed by atoms with Gasteiger partial charge in [0.1, 0.15) is 5.82 Å². The van der Waals surface area contributed by atoms with Crippen LogP contribution in [0, 0.1) is 5.82 Å². The Kier molecular flexibility index (Phi) is 3.31. The van der Waals surface area contributed by atoms with Crippen LogP contribution in [0.1, 0.15) is 16.1 Å². The van der Waals surface area contributed by atoms with Crippen LogP contribution in [0.4, 0.5) is 8.92 Å². The standard InChI is InChI=1S/C14H9F2N3O2/c15-11-6-2-1-4-9(11)8-19-13-10(5-3-7-17-13)12(18-19)14(20)21-16/h1-7H,8H2. The number of hydrogen-bond donors (Lipinski definition) is 0. The van der Waals surface area contributed by atoms with Crippen LogP contribution in [0.15, 0.2) is 42.6 Å². The Balaban J connectivity index is 2.11. The molecule has 0 unspecified atom stereocenters. The van der Waals surface area contributed by atoms with Gasteiger partial charge in [0, 0.05) is 16.3 Å². The second-order valence-corrected chi connectivity index (χ2v) is 4.34. The van der Waals surface area contributed by atoms with E-state index in [4.69, 9.17) is 0 Å². The first kappa shape index (κ1) is 13.2. The minimum atomic E-state index is -1.21. The molecule has 3 rings (SSSR count). The quantitative estimate of drug-likeness (QED) is 0.744. The Morgan fingerprint density at radius 2 is 2.05 bits per heavy atom. The molecule has 0 bridgehead atoms. The minimum absolute atomic E-state index is 0.0692. The van der Waals surface area contributed by atoms with Crippen molar-refractivity contribution in [1.82, 2.24) is 14.8 Å². The van der Waals surface area contributed by atoms with E-state index in [0.29, 0.717) is 16.6 Å². The fourth-order valence-electron chi connectivity index (χ4n) is 2.09. The summed E-state index contributed by atoms with van der Waals surface area (Å²) in [7, 11) is 0. The third-order valence-corrected chi connectivity index (χ3v) is 3.05. The number of carbonyl (C=O) groups excluding carboxylic acids is 1. The molecule has 0 aliphatic rings. The zero-order valence-corrected chi connectivity index (χ0v) is 10.7. The first-order chi connectivity index (χ1) is 10.2. The van der Waals surface area contributed by atoms with Crippen LogP contribution in [0.25, 0.3) is 11.0 Å². The minimum Gasteiger partial charge on any atom is -0.247 e. The van der Waals surface area contributed by atoms with Crippen molar-refractivity contribution in [1.29, 1.82) is 0 Å². The molecule has 0 atom stereocenters. The lowest BCUT2D eigenvalue weighted by molar-refractivity contribution is -0.0792. The lowest BCUT2D eigenvalue weighted by Gasteiger charge is -2.04. The highest BCUT2D eigenvalue weighted by Crippen LogP contribution is 2.19. The third kappa shape index (κ3) is 2.33. The number of fused-ring (bicyclic) bond motifs is 1. The van der Waals surface area contributed by atoms with E-state index in [-0.39, 0.29) is 12.2 Å². The molecule has 0 saturated heterocycles. The average molecular weight is 289 g/mol. The average Bonchev–Trinajstić information content (AvgIpc) is 2.88. The molecule has 0 saturated carbocycles. The molecule has 0 radical (unpaired) electrons. The van der Waals surface area contributed by atoms with Gasteiger partial charge in [-0.05, 0) is 18.2 Å². The van der Waals surface area contributed by atoms with Crippen molar-refractivity contribution in [2.24, 2.45) is 0 Å². The van der Waals surface area contributed by atoms with E-state index in [1.807, 2.05) is 0 Å². The molecule has 2 aromatic heterocycles. The zero-order valence-electron chi connectivity index (χ0n) is 10.7. The van der Waals surface area contributed by atoms with Crippen LogP contribution in [0.3, 0.4) is 0 Å². The largest absolute Gasteiger partial charge is 0.400 e. The number of hydrogen-bond acceptors (Lipinski definition) is 4. The molecule has 0 N–H and O–H groups in total. The highest BCUT2D eigenvalue weighted by Gasteiger charge is 2.20. The number of halogens is 2. The second kappa shape index (κ2) is 5.28. The Hall–Kier alpha value is -2.83. The highest BCUT2D eigenvalue weighted by molar-refractivity contribution is 6.00. The number of pyridine rings is 1. The normalized spacial score (nSPS) is 10.8. The molecule has 0 fully saturated rings. The van der Waals surface area contributed by atoms with E-state index in [1.54, 1.807) is 30.3 Å². The summed E-state index contributed by atoms with van der Waals surface area (Å²) in [4.78, 5) is 18.7. The fraction of sp³-hybridized carbons (Fsp3) is 0.0714. The summed E-state index contributed by atoms with van der Waals surface area (Å²) in [6.07, 6.45) is 1.51. The molecule has 7 heteroatoms. The van der Waals surface area contributed by atoms with Crippen molar-refractivity contribution in [2.75, 3.05) is 0 Å². The van der Waals surface area contributed by atoms with Crippen LogP contribution in [-0.2, 0) is 11.5 Å². The van der Waals surface area contributed by atoms with Crippen molar-refractivity contribution in [3.05, 3.63) is 59.7 Å². The predicted octanol–water partition coefficient (Wildman–Crippen LogP) is 2.66. The van der Waals surface area contributed by atoms with E-state index >= 15 is 0 Å². The van der Waals surface area contributed by atoms with Gasteiger partial charge in [-0.25, -0.2) is 23.8 Å². The number of aromatic nitrogens is 3. The second-order valence-electron chi connectivity index (χ2n) is 4.34. The van der Waals surface area contributed by atoms with Gasteiger partial charge in [0.25, 0.3) is 0 Å². The molecule has 0 aliphatic heterocycles. The molecule has 0 spiro atoms. The summed E-state index contributed by atoms with van der Waals surface area (Å²) in [5.41, 5.74) is 0.533. The van der Waals surface area contributed by atoms with Crippen LogP contribution in [0.5, 0.6) is 0 Å². The Bertz CT molecular complexity index is 817. The van der Waals surface area contributed by atoms with E-state index in [2.05, 4.69) is 15.0 Å². The van der Waals surface area contributed by atoms with E-state index in [0.717, 1.165) is 0 Å². The van der Waals surface area contributed by atoms with E-state index < -0.39 is 11.8 Å². The molecular weight excluding hydrogens is 280 g/mol. The van der Waals surface area contributed by atoms with Gasteiger partial charge in [-0.2, -0.15) is 5.10 Å². The van der Waals surface area contributed by atoms with E-state index in [9.17, 15) is 13.7 Å². The van der Waals surface area contributed by atoms with Crippen molar-refractivity contribution in [2.45, 2.75) is 6.54 Å². The lowest BCUT2D eigenvalue weighted by Crippen LogP contribution is -2.06. The van der Waals surface area contributed by atoms with E-state index in [1.165, 1.54) is 16.9 Å². The molecule has 0 aliphatic carbocycles. The summed E-state index contributed by atoms with van der Waals surface area (Å²) in [6, 6.07) is 9.34. The number of benzene rings is 1. The van der Waals surface area contributed by atoms with Crippen LogP contribution >= 0.6 is 0 Å². The smallest absolute Gasteiger partial charge is 0.247 e. The summed E-state index contributed by atoms with van der Waals surface area (Å²) < 4.78 is 27.1. The summed E-state index contributed by atoms with van der Waals surface area (Å²) in [5, 5.41) is 4.31. The Morgan fingerprint density at radius 3 is 2.81 bits per heavy atom. The van der Waals surface area contributed by atoms with Gasteiger partial charge in [-0.15, -0.1) is 0 Å². The zero-order chi connectivity index (χ0) is 14.8. The molecule has 21 heavy (non-hydrogen) atoms. The molecule has 0 amide bonds. The van der Waals surface area contributed by atoms with Gasteiger partial charge in [-0.3, -0.25) is 0 Å². The first-order valence-corrected chi connectivity index (χ1v) is 6.08. The molecular formula is C14H9F2N3O2. The van der Waals surface area contributed by atoms with Crippen LogP contribution in [0.2, 0.25) is 0 Å². The third-order valence-electron chi connectivity index (χ3n) is 3.05. The van der Waals surface area contributed by atoms with Crippen molar-refractivity contribution in [3.8, 4) is 0 Å². The van der Waals surface area contributed by atoms with Gasteiger partial charge < -0.3 is 0 Å². The van der Waals surface area contributed by atoms with Crippen molar-refractivity contribution in [3.63, 3.8) is 0 Å². The van der Waals surface area contributed by atoms with Crippen molar-refractivity contribution >= 4 is 17.0 Å². The lowest BCUT2D eigenvalue weighted by atomic mass is 10.2. The Labute approximate surface area is 117 Å². The first-order valence-electron chi connectivity index (χ1n) is 6.08. The maximum absolute atomic E-state index is 13.7. The van der Waals surface area contributed by atoms with Crippen molar-refractivity contribution < 1.29 is 18.7 Å². The predicted molar refractivity (Wildman–Crippen MR) is 69.6 cm³/mol. The number of rotatable bonds is 3. The topological polar surface area (TPSA) is 57.0 Å². The van der Waals surface area contributed by atoms with Crippen LogP contribution in [-0.4, -0.2) is 20.7 Å². The van der Waals surface area contributed by atoms with Gasteiger partial charge >= 0.3 is 5.97 Å². The molecule has 106 valence electrons. The maximum Gasteiger partial charge on any atom is 0.400 e. The summed E-state index contributed by atoms with van der Waals surface area (Å²) in [5.74, 6) is -1.60. The SMILES string of the molecule is O=C(OF)c1nn(Cc2ccccc2F)c2ncccc12. The number of carbonyl (C=O) groups is 1. The van der Waals surface area contributed by atoms with Gasteiger partial charge in [0.15, 0.2) is 11.3 Å². The monoisotopic (exact) mass is 289 g/mol. The fourth-order valence-corrected chi connectivity index (χ4v) is 2.09. The summed E-state index contributed by atoms with van der Waals surface area (Å²) >= 11 is 0. The Morgan fingerprint density at radius 1 is 1.24 bits per heavy atom. The van der Waals surface area contributed by atoms with Gasteiger partial charge in [-0.1, -0.05) is 18.2 Å². The summed E-state index contributed by atoms with van der Waals surface area (Å²) in [6.45, 7) is 0.0692. The van der Waals surface area contributed by atoms with Gasteiger partial charge in [0.2, 0.25) is 0 Å². The van der Waals surface area contributed by atoms with Gasteiger partial charge in [0.05, 0.1) is 11.9 Å².